The molecule has 0 unspecified atom stereocenters. The molecular weight excluding hydrogens is 384 g/mol. The number of aryl methyl sites for hydroxylation is 1. The minimum Gasteiger partial charge on any atom is -0.508 e. The van der Waals surface area contributed by atoms with Crippen molar-refractivity contribution in [2.75, 3.05) is 5.32 Å². The van der Waals surface area contributed by atoms with Crippen LogP contribution < -0.4 is 5.32 Å². The van der Waals surface area contributed by atoms with Crippen LogP contribution in [0.25, 0.3) is 27.8 Å². The smallest absolute Gasteiger partial charge is 0.411 e. The van der Waals surface area contributed by atoms with Gasteiger partial charge in [0.1, 0.15) is 11.5 Å². The molecule has 1 amide bonds. The van der Waals surface area contributed by atoms with E-state index in [1.54, 1.807) is 10.6 Å². The highest BCUT2D eigenvalue weighted by Crippen LogP contribution is 2.47. The molecule has 0 atom stereocenters. The summed E-state index contributed by atoms with van der Waals surface area (Å²) in [5, 5.41) is 33.4. The zero-order valence-corrected chi connectivity index (χ0v) is 16.2. The summed E-state index contributed by atoms with van der Waals surface area (Å²) in [6.07, 6.45) is 4.22. The van der Waals surface area contributed by atoms with E-state index in [2.05, 4.69) is 10.3 Å². The largest absolute Gasteiger partial charge is 0.508 e. The van der Waals surface area contributed by atoms with Gasteiger partial charge in [-0.25, -0.2) is 9.78 Å². The number of aromatic hydroxyl groups is 2. The van der Waals surface area contributed by atoms with Gasteiger partial charge in [-0.1, -0.05) is 0 Å². The summed E-state index contributed by atoms with van der Waals surface area (Å²) in [6.45, 7) is 0. The van der Waals surface area contributed by atoms with Crippen LogP contribution in [0.5, 0.6) is 11.5 Å². The number of nitrogens with zero attached hydrogens (tertiary/aromatic N) is 3. The molecule has 1 fully saturated rings. The van der Waals surface area contributed by atoms with Crippen molar-refractivity contribution in [3.05, 3.63) is 54.4 Å². The number of benzene rings is 2. The molecule has 30 heavy (non-hydrogen) atoms. The van der Waals surface area contributed by atoms with Crippen LogP contribution in [0.2, 0.25) is 0 Å². The molecule has 1 aliphatic rings. The summed E-state index contributed by atoms with van der Waals surface area (Å²) >= 11 is 0. The van der Waals surface area contributed by atoms with Gasteiger partial charge < -0.3 is 19.9 Å². The van der Waals surface area contributed by atoms with Gasteiger partial charge in [-0.15, -0.1) is 0 Å². The second kappa shape index (κ2) is 6.55. The van der Waals surface area contributed by atoms with Crippen molar-refractivity contribution in [1.29, 1.82) is 0 Å². The molecule has 2 heterocycles. The van der Waals surface area contributed by atoms with Gasteiger partial charge in [0.2, 0.25) is 5.95 Å². The SMILES string of the molecule is Cn1ccc2cc(-n3c(-c4cc(C5CC5)c(O)cc4O)cnc3NC(=O)O)ccc21. The lowest BCUT2D eigenvalue weighted by atomic mass is 10.0. The van der Waals surface area contributed by atoms with Crippen molar-refractivity contribution < 1.29 is 20.1 Å². The summed E-state index contributed by atoms with van der Waals surface area (Å²) in [7, 11) is 1.95. The molecule has 1 saturated carbocycles. The Hall–Kier alpha value is -3.94. The average molecular weight is 404 g/mol. The number of amides is 1. The number of rotatable bonds is 4. The fourth-order valence-corrected chi connectivity index (χ4v) is 3.92. The van der Waals surface area contributed by atoms with Crippen LogP contribution in [-0.2, 0) is 7.05 Å². The Morgan fingerprint density at radius 2 is 1.93 bits per heavy atom. The maximum atomic E-state index is 11.3. The molecular formula is C22H20N4O4. The molecule has 0 radical (unpaired) electrons. The summed E-state index contributed by atoms with van der Waals surface area (Å²) in [5.41, 5.74) is 3.52. The van der Waals surface area contributed by atoms with E-state index in [0.717, 1.165) is 29.3 Å². The second-order valence-electron chi connectivity index (χ2n) is 7.60. The molecule has 152 valence electrons. The van der Waals surface area contributed by atoms with E-state index in [9.17, 15) is 20.1 Å². The fourth-order valence-electron chi connectivity index (χ4n) is 3.92. The van der Waals surface area contributed by atoms with Crippen LogP contribution in [0.4, 0.5) is 10.7 Å². The Labute approximate surface area is 171 Å². The number of hydrogen-bond acceptors (Lipinski definition) is 4. The molecule has 4 aromatic rings. The zero-order valence-electron chi connectivity index (χ0n) is 16.2. The molecule has 5 rings (SSSR count). The monoisotopic (exact) mass is 404 g/mol. The number of hydrogen-bond donors (Lipinski definition) is 4. The lowest BCUT2D eigenvalue weighted by Crippen LogP contribution is -2.12. The number of aromatic nitrogens is 3. The molecule has 2 aromatic carbocycles. The zero-order chi connectivity index (χ0) is 21.0. The van der Waals surface area contributed by atoms with Gasteiger partial charge in [-0.3, -0.25) is 9.88 Å². The van der Waals surface area contributed by atoms with Crippen LogP contribution in [0.1, 0.15) is 24.3 Å². The maximum Gasteiger partial charge on any atom is 0.411 e. The summed E-state index contributed by atoms with van der Waals surface area (Å²) in [5.74, 6) is 0.367. The van der Waals surface area contributed by atoms with Crippen LogP contribution in [0, 0.1) is 0 Å². The molecule has 0 aliphatic heterocycles. The van der Waals surface area contributed by atoms with E-state index in [-0.39, 0.29) is 23.4 Å². The third-order valence-corrected chi connectivity index (χ3v) is 5.55. The third kappa shape index (κ3) is 2.93. The highest BCUT2D eigenvalue weighted by atomic mass is 16.4. The Morgan fingerprint density at radius 3 is 2.67 bits per heavy atom. The highest BCUT2D eigenvalue weighted by molar-refractivity contribution is 5.86. The molecule has 8 heteroatoms. The quantitative estimate of drug-likeness (QED) is 0.402. The Kier molecular flexibility index (Phi) is 3.95. The van der Waals surface area contributed by atoms with E-state index in [4.69, 9.17) is 0 Å². The molecule has 0 saturated heterocycles. The van der Waals surface area contributed by atoms with Crippen molar-refractivity contribution in [2.45, 2.75) is 18.8 Å². The number of carboxylic acid groups (broad SMARTS) is 1. The summed E-state index contributed by atoms with van der Waals surface area (Å²) in [6, 6.07) is 10.8. The van der Waals surface area contributed by atoms with E-state index >= 15 is 0 Å². The number of anilines is 1. The van der Waals surface area contributed by atoms with Crippen LogP contribution in [-0.4, -0.2) is 35.5 Å². The first-order valence-corrected chi connectivity index (χ1v) is 9.62. The van der Waals surface area contributed by atoms with Crippen LogP contribution >= 0.6 is 0 Å². The standard InChI is InChI=1S/C22H20N4O4/c1-25-7-6-13-8-14(4-5-17(13)25)26-18(11-23-21(26)24-22(29)30)16-9-15(12-2-3-12)19(27)10-20(16)28/h4-12,27-28H,2-3H2,1H3,(H,23,24)(H,29,30). The predicted molar refractivity (Wildman–Crippen MR) is 112 cm³/mol. The minimum absolute atomic E-state index is 0.0689. The number of phenols is 2. The molecule has 4 N–H and O–H groups in total. The van der Waals surface area contributed by atoms with Crippen LogP contribution in [0.15, 0.2) is 48.8 Å². The lowest BCUT2D eigenvalue weighted by Gasteiger charge is -2.15. The van der Waals surface area contributed by atoms with Crippen molar-refractivity contribution in [2.24, 2.45) is 7.05 Å². The topological polar surface area (TPSA) is 113 Å². The third-order valence-electron chi connectivity index (χ3n) is 5.55. The summed E-state index contributed by atoms with van der Waals surface area (Å²) < 4.78 is 3.65. The number of carbonyl (C=O) groups is 1. The number of imidazole rings is 1. The van der Waals surface area contributed by atoms with Gasteiger partial charge in [0.05, 0.1) is 11.9 Å². The first-order chi connectivity index (χ1) is 14.4. The number of phenolic OH excluding ortho intramolecular Hbond substituents is 2. The van der Waals surface area contributed by atoms with Crippen molar-refractivity contribution >= 4 is 22.9 Å². The number of nitrogens with one attached hydrogen (secondary N) is 1. The van der Waals surface area contributed by atoms with Gasteiger partial charge in [-0.2, -0.15) is 0 Å². The van der Waals surface area contributed by atoms with E-state index < -0.39 is 6.09 Å². The van der Waals surface area contributed by atoms with Gasteiger partial charge in [0.25, 0.3) is 0 Å². The molecule has 8 nitrogen and oxygen atoms in total. The number of fused-ring (bicyclic) bond motifs is 1. The Morgan fingerprint density at radius 1 is 1.13 bits per heavy atom. The molecule has 2 aromatic heterocycles. The first-order valence-electron chi connectivity index (χ1n) is 9.62. The van der Waals surface area contributed by atoms with Gasteiger partial charge in [0.15, 0.2) is 0 Å². The summed E-state index contributed by atoms with van der Waals surface area (Å²) in [4.78, 5) is 15.6. The van der Waals surface area contributed by atoms with Crippen LogP contribution in [0.3, 0.4) is 0 Å². The first kappa shape index (κ1) is 18.1. The van der Waals surface area contributed by atoms with Gasteiger partial charge in [-0.05, 0) is 54.7 Å². The molecule has 0 spiro atoms. The maximum absolute atomic E-state index is 11.3. The van der Waals surface area contributed by atoms with E-state index in [0.29, 0.717) is 16.9 Å². The van der Waals surface area contributed by atoms with Gasteiger partial charge in [0, 0.05) is 41.5 Å². The average Bonchev–Trinajstić information content (AvgIpc) is 3.36. The lowest BCUT2D eigenvalue weighted by molar-refractivity contribution is 0.209. The predicted octanol–water partition coefficient (Wildman–Crippen LogP) is 4.41. The Balaban J connectivity index is 1.72. The van der Waals surface area contributed by atoms with Crippen molar-refractivity contribution in [1.82, 2.24) is 14.1 Å². The second-order valence-corrected chi connectivity index (χ2v) is 7.60. The Bertz CT molecular complexity index is 1300. The van der Waals surface area contributed by atoms with Crippen molar-refractivity contribution in [3.8, 4) is 28.4 Å². The molecule has 0 bridgehead atoms. The van der Waals surface area contributed by atoms with E-state index in [1.165, 1.54) is 12.3 Å². The van der Waals surface area contributed by atoms with Crippen molar-refractivity contribution in [3.63, 3.8) is 0 Å². The normalized spacial score (nSPS) is 13.6. The fraction of sp³-hybridized carbons (Fsp3) is 0.182. The highest BCUT2D eigenvalue weighted by Gasteiger charge is 2.28. The molecule has 1 aliphatic carbocycles. The minimum atomic E-state index is -1.23. The van der Waals surface area contributed by atoms with Gasteiger partial charge >= 0.3 is 6.09 Å². The van der Waals surface area contributed by atoms with E-state index in [1.807, 2.05) is 42.1 Å².